The highest BCUT2D eigenvalue weighted by molar-refractivity contribution is 5.85. The number of aromatic amines is 1. The van der Waals surface area contributed by atoms with Gasteiger partial charge in [0.2, 0.25) is 11.8 Å². The molecule has 3 N–H and O–H groups in total. The minimum absolute atomic E-state index is 0.0122. The highest BCUT2D eigenvalue weighted by atomic mass is 16.5. The molecular weight excluding hydrogens is 220 g/mol. The van der Waals surface area contributed by atoms with Gasteiger partial charge in [-0.25, -0.2) is 4.79 Å². The predicted octanol–water partition coefficient (Wildman–Crippen LogP) is 1.51. The molecule has 1 aromatic rings. The summed E-state index contributed by atoms with van der Waals surface area (Å²) in [5.74, 6) is -0.340. The van der Waals surface area contributed by atoms with E-state index in [0.29, 0.717) is 5.41 Å². The number of nitrogens with zero attached hydrogens (tertiary/aromatic N) is 2. The number of ether oxygens (including phenoxy) is 1. The highest BCUT2D eigenvalue weighted by Crippen LogP contribution is 2.36. The highest BCUT2D eigenvalue weighted by Gasteiger charge is 2.29. The van der Waals surface area contributed by atoms with Crippen molar-refractivity contribution in [3.05, 3.63) is 5.82 Å². The number of hydrogen-bond donors (Lipinski definition) is 2. The van der Waals surface area contributed by atoms with Gasteiger partial charge in [0.1, 0.15) is 6.10 Å². The van der Waals surface area contributed by atoms with Crippen molar-refractivity contribution in [2.75, 3.05) is 5.73 Å². The van der Waals surface area contributed by atoms with Crippen molar-refractivity contribution in [2.45, 2.75) is 45.6 Å². The lowest BCUT2D eigenvalue weighted by Gasteiger charge is -2.33. The van der Waals surface area contributed by atoms with Crippen LogP contribution in [0.25, 0.3) is 0 Å². The standard InChI is InChI=1S/C11H18N4O2/c1-11(2)5-3-7(4-6-11)17-9(16)8-13-10(12)15-14-8/h7H,3-6H2,1-2H3,(H3,12,13,14,15). The Labute approximate surface area is 99.9 Å². The summed E-state index contributed by atoms with van der Waals surface area (Å²) in [7, 11) is 0. The molecule has 94 valence electrons. The minimum atomic E-state index is -0.473. The van der Waals surface area contributed by atoms with Crippen LogP contribution in [0, 0.1) is 5.41 Å². The molecule has 0 bridgehead atoms. The van der Waals surface area contributed by atoms with Crippen LogP contribution in [0.15, 0.2) is 0 Å². The summed E-state index contributed by atoms with van der Waals surface area (Å²) in [5.41, 5.74) is 5.68. The Balaban J connectivity index is 1.88. The number of carbonyl (C=O) groups excluding carboxylic acids is 1. The summed E-state index contributed by atoms with van der Waals surface area (Å²) in [4.78, 5) is 15.4. The zero-order valence-electron chi connectivity index (χ0n) is 10.2. The SMILES string of the molecule is CC1(C)CCC(OC(=O)c2nc(N)n[nH]2)CC1. The van der Waals surface area contributed by atoms with Crippen molar-refractivity contribution in [1.82, 2.24) is 15.2 Å². The number of esters is 1. The number of aromatic nitrogens is 3. The van der Waals surface area contributed by atoms with Gasteiger partial charge >= 0.3 is 5.97 Å². The number of hydrogen-bond acceptors (Lipinski definition) is 5. The zero-order chi connectivity index (χ0) is 12.5. The minimum Gasteiger partial charge on any atom is -0.457 e. The second-order valence-corrected chi connectivity index (χ2v) is 5.31. The van der Waals surface area contributed by atoms with Gasteiger partial charge in [-0.1, -0.05) is 13.8 Å². The van der Waals surface area contributed by atoms with Gasteiger partial charge in [-0.2, -0.15) is 4.98 Å². The molecule has 1 fully saturated rings. The number of H-pyrrole nitrogens is 1. The molecule has 0 aromatic carbocycles. The monoisotopic (exact) mass is 238 g/mol. The van der Waals surface area contributed by atoms with E-state index < -0.39 is 5.97 Å². The topological polar surface area (TPSA) is 93.9 Å². The molecular formula is C11H18N4O2. The molecule has 2 rings (SSSR count). The van der Waals surface area contributed by atoms with Gasteiger partial charge in [0.15, 0.2) is 0 Å². The van der Waals surface area contributed by atoms with Crippen molar-refractivity contribution in [3.8, 4) is 0 Å². The van der Waals surface area contributed by atoms with Crippen molar-refractivity contribution >= 4 is 11.9 Å². The number of nitrogens with one attached hydrogen (secondary N) is 1. The maximum Gasteiger partial charge on any atom is 0.376 e. The van der Waals surface area contributed by atoms with Gasteiger partial charge in [-0.15, -0.1) is 5.10 Å². The molecule has 17 heavy (non-hydrogen) atoms. The van der Waals surface area contributed by atoms with Crippen LogP contribution in [0.3, 0.4) is 0 Å². The fourth-order valence-electron chi connectivity index (χ4n) is 2.06. The fraction of sp³-hybridized carbons (Fsp3) is 0.727. The molecule has 0 amide bonds. The lowest BCUT2D eigenvalue weighted by Crippen LogP contribution is -2.28. The van der Waals surface area contributed by atoms with E-state index in [0.717, 1.165) is 25.7 Å². The Morgan fingerprint density at radius 2 is 2.12 bits per heavy atom. The number of rotatable bonds is 2. The van der Waals surface area contributed by atoms with Crippen LogP contribution in [0.2, 0.25) is 0 Å². The predicted molar refractivity (Wildman–Crippen MR) is 62.2 cm³/mol. The summed E-state index contributed by atoms with van der Waals surface area (Å²) < 4.78 is 5.36. The van der Waals surface area contributed by atoms with Gasteiger partial charge in [0.05, 0.1) is 0 Å². The van der Waals surface area contributed by atoms with E-state index >= 15 is 0 Å². The summed E-state index contributed by atoms with van der Waals surface area (Å²) in [5, 5.41) is 6.05. The first-order chi connectivity index (χ1) is 7.96. The normalized spacial score (nSPS) is 20.1. The first kappa shape index (κ1) is 11.9. The van der Waals surface area contributed by atoms with E-state index in [9.17, 15) is 4.79 Å². The Morgan fingerprint density at radius 1 is 1.47 bits per heavy atom. The number of nitrogens with two attached hydrogens (primary N) is 1. The summed E-state index contributed by atoms with van der Waals surface area (Å²) in [6.07, 6.45) is 3.94. The first-order valence-corrected chi connectivity index (χ1v) is 5.85. The first-order valence-electron chi connectivity index (χ1n) is 5.85. The molecule has 1 aliphatic rings. The lowest BCUT2D eigenvalue weighted by molar-refractivity contribution is 0.00832. The quantitative estimate of drug-likeness (QED) is 0.762. The smallest absolute Gasteiger partial charge is 0.376 e. The Morgan fingerprint density at radius 3 is 2.65 bits per heavy atom. The maximum absolute atomic E-state index is 11.7. The van der Waals surface area contributed by atoms with E-state index in [4.69, 9.17) is 10.5 Å². The van der Waals surface area contributed by atoms with E-state index in [1.165, 1.54) is 0 Å². The maximum atomic E-state index is 11.7. The second-order valence-electron chi connectivity index (χ2n) is 5.31. The molecule has 0 aliphatic heterocycles. The van der Waals surface area contributed by atoms with Crippen LogP contribution < -0.4 is 5.73 Å². The molecule has 1 saturated carbocycles. The van der Waals surface area contributed by atoms with Crippen LogP contribution >= 0.6 is 0 Å². The van der Waals surface area contributed by atoms with Crippen LogP contribution in [0.5, 0.6) is 0 Å². The van der Waals surface area contributed by atoms with Gasteiger partial charge in [-0.05, 0) is 31.1 Å². The third kappa shape index (κ3) is 2.95. The summed E-state index contributed by atoms with van der Waals surface area (Å²) in [6.45, 7) is 4.48. The molecule has 0 saturated heterocycles. The van der Waals surface area contributed by atoms with Gasteiger partial charge in [0.25, 0.3) is 0 Å². The van der Waals surface area contributed by atoms with Crippen molar-refractivity contribution in [3.63, 3.8) is 0 Å². The van der Waals surface area contributed by atoms with Crippen molar-refractivity contribution in [1.29, 1.82) is 0 Å². The van der Waals surface area contributed by atoms with Gasteiger partial charge < -0.3 is 10.5 Å². The van der Waals surface area contributed by atoms with E-state index in [1.54, 1.807) is 0 Å². The lowest BCUT2D eigenvalue weighted by atomic mass is 9.76. The molecule has 6 nitrogen and oxygen atoms in total. The van der Waals surface area contributed by atoms with E-state index in [1.807, 2.05) is 0 Å². The average molecular weight is 238 g/mol. The molecule has 0 atom stereocenters. The number of anilines is 1. The Hall–Kier alpha value is -1.59. The third-order valence-corrected chi connectivity index (χ3v) is 3.26. The van der Waals surface area contributed by atoms with Crippen LogP contribution in [0.4, 0.5) is 5.95 Å². The Kier molecular flexibility index (Phi) is 3.04. The molecule has 1 heterocycles. The molecule has 0 unspecified atom stereocenters. The van der Waals surface area contributed by atoms with Crippen LogP contribution in [-0.4, -0.2) is 27.3 Å². The largest absolute Gasteiger partial charge is 0.457 e. The number of nitrogen functional groups attached to an aromatic ring is 1. The Bertz CT molecular complexity index is 403. The molecule has 0 spiro atoms. The van der Waals surface area contributed by atoms with Crippen LogP contribution in [-0.2, 0) is 4.74 Å². The molecule has 6 heteroatoms. The second kappa shape index (κ2) is 4.35. The third-order valence-electron chi connectivity index (χ3n) is 3.26. The average Bonchev–Trinajstić information content (AvgIpc) is 2.68. The zero-order valence-corrected chi connectivity index (χ0v) is 10.2. The number of carbonyl (C=O) groups is 1. The van der Waals surface area contributed by atoms with Crippen molar-refractivity contribution in [2.24, 2.45) is 5.41 Å². The molecule has 1 aromatic heterocycles. The fourth-order valence-corrected chi connectivity index (χ4v) is 2.06. The van der Waals surface area contributed by atoms with E-state index in [-0.39, 0.29) is 17.9 Å². The van der Waals surface area contributed by atoms with Gasteiger partial charge in [0, 0.05) is 0 Å². The molecule has 1 aliphatic carbocycles. The summed E-state index contributed by atoms with van der Waals surface area (Å²) in [6, 6.07) is 0. The van der Waals surface area contributed by atoms with Gasteiger partial charge in [-0.3, -0.25) is 5.10 Å². The van der Waals surface area contributed by atoms with Crippen LogP contribution in [0.1, 0.15) is 50.1 Å². The summed E-state index contributed by atoms with van der Waals surface area (Å²) >= 11 is 0. The van der Waals surface area contributed by atoms with E-state index in [2.05, 4.69) is 29.0 Å². The van der Waals surface area contributed by atoms with Crippen molar-refractivity contribution < 1.29 is 9.53 Å². The molecule has 0 radical (unpaired) electrons.